The van der Waals surface area contributed by atoms with Gasteiger partial charge in [0.25, 0.3) is 0 Å². The number of ether oxygens (including phenoxy) is 3. The molecule has 1 N–H and O–H groups in total. The van der Waals surface area contributed by atoms with Crippen molar-refractivity contribution in [1.82, 2.24) is 10.5 Å². The summed E-state index contributed by atoms with van der Waals surface area (Å²) in [6.45, 7) is 5.48. The number of hydrogen-bond acceptors (Lipinski definition) is 6. The number of rotatable bonds is 12. The van der Waals surface area contributed by atoms with E-state index in [4.69, 9.17) is 18.7 Å². The van der Waals surface area contributed by atoms with Crippen LogP contribution in [0.15, 0.2) is 53.1 Å². The molecule has 3 rings (SSSR count). The standard InChI is InChI=1S/C24H27FN2O5/c1-3-30-21-10-5-17(13-23(21)31-4-2)11-12-26-24(28)16-29-15-20-14-22(32-27-20)18-6-8-19(25)9-7-18/h5-10,13-14H,3-4,11-12,15-16H2,1-2H3,(H,26,28). The fourth-order valence-electron chi connectivity index (χ4n) is 3.03. The molecule has 1 heterocycles. The Kier molecular flexibility index (Phi) is 8.62. The van der Waals surface area contributed by atoms with Gasteiger partial charge in [-0.05, 0) is 62.2 Å². The van der Waals surface area contributed by atoms with E-state index < -0.39 is 0 Å². The molecule has 0 unspecified atom stereocenters. The van der Waals surface area contributed by atoms with Gasteiger partial charge in [-0.25, -0.2) is 4.39 Å². The number of halogens is 1. The molecule has 0 aliphatic carbocycles. The van der Waals surface area contributed by atoms with Crippen molar-refractivity contribution in [3.05, 3.63) is 65.6 Å². The summed E-state index contributed by atoms with van der Waals surface area (Å²) in [5.41, 5.74) is 2.30. The van der Waals surface area contributed by atoms with Crippen LogP contribution in [0.4, 0.5) is 4.39 Å². The van der Waals surface area contributed by atoms with Crippen LogP contribution in [0.2, 0.25) is 0 Å². The number of nitrogens with one attached hydrogen (secondary N) is 1. The van der Waals surface area contributed by atoms with Crippen molar-refractivity contribution >= 4 is 5.91 Å². The van der Waals surface area contributed by atoms with Crippen molar-refractivity contribution in [3.8, 4) is 22.8 Å². The third-order valence-corrected chi connectivity index (χ3v) is 4.51. The molecule has 0 saturated heterocycles. The second kappa shape index (κ2) is 11.9. The first kappa shape index (κ1) is 23.3. The van der Waals surface area contributed by atoms with Crippen LogP contribution < -0.4 is 14.8 Å². The first-order valence-corrected chi connectivity index (χ1v) is 10.5. The number of nitrogens with zero attached hydrogens (tertiary/aromatic N) is 1. The summed E-state index contributed by atoms with van der Waals surface area (Å²) in [5, 5.41) is 6.74. The number of aromatic nitrogens is 1. The van der Waals surface area contributed by atoms with Gasteiger partial charge in [0, 0.05) is 18.2 Å². The molecule has 0 atom stereocenters. The molecule has 170 valence electrons. The average molecular weight is 442 g/mol. The van der Waals surface area contributed by atoms with Crippen molar-refractivity contribution in [1.29, 1.82) is 0 Å². The molecule has 7 nitrogen and oxygen atoms in total. The molecule has 1 amide bonds. The lowest BCUT2D eigenvalue weighted by molar-refractivity contribution is -0.126. The maximum absolute atomic E-state index is 13.0. The van der Waals surface area contributed by atoms with Gasteiger partial charge in [-0.15, -0.1) is 0 Å². The summed E-state index contributed by atoms with van der Waals surface area (Å²) in [7, 11) is 0. The van der Waals surface area contributed by atoms with Crippen LogP contribution in [-0.4, -0.2) is 37.4 Å². The maximum atomic E-state index is 13.0. The highest BCUT2D eigenvalue weighted by Gasteiger charge is 2.09. The van der Waals surface area contributed by atoms with Gasteiger partial charge >= 0.3 is 0 Å². The van der Waals surface area contributed by atoms with Crippen molar-refractivity contribution in [2.75, 3.05) is 26.4 Å². The van der Waals surface area contributed by atoms with Crippen LogP contribution in [0, 0.1) is 5.82 Å². The normalized spacial score (nSPS) is 10.7. The van der Waals surface area contributed by atoms with E-state index >= 15 is 0 Å². The first-order valence-electron chi connectivity index (χ1n) is 10.5. The number of amides is 1. The Balaban J connectivity index is 1.39. The average Bonchev–Trinajstić information content (AvgIpc) is 3.25. The van der Waals surface area contributed by atoms with E-state index in [1.165, 1.54) is 12.1 Å². The zero-order valence-electron chi connectivity index (χ0n) is 18.2. The number of carbonyl (C=O) groups is 1. The van der Waals surface area contributed by atoms with Gasteiger partial charge in [-0.3, -0.25) is 4.79 Å². The molecule has 0 bridgehead atoms. The summed E-state index contributed by atoms with van der Waals surface area (Å²) in [6, 6.07) is 13.4. The Labute approximate surface area is 186 Å². The summed E-state index contributed by atoms with van der Waals surface area (Å²) in [6.07, 6.45) is 0.655. The highest BCUT2D eigenvalue weighted by molar-refractivity contribution is 5.77. The second-order valence-electron chi connectivity index (χ2n) is 6.93. The zero-order valence-corrected chi connectivity index (χ0v) is 18.2. The molecular weight excluding hydrogens is 415 g/mol. The molecular formula is C24H27FN2O5. The summed E-state index contributed by atoms with van der Waals surface area (Å²) < 4.78 is 34.9. The van der Waals surface area contributed by atoms with E-state index in [0.717, 1.165) is 5.56 Å². The van der Waals surface area contributed by atoms with Crippen LogP contribution in [0.3, 0.4) is 0 Å². The van der Waals surface area contributed by atoms with E-state index in [1.807, 2.05) is 32.0 Å². The molecule has 32 heavy (non-hydrogen) atoms. The quantitative estimate of drug-likeness (QED) is 0.454. The molecule has 0 aliphatic heterocycles. The minimum absolute atomic E-state index is 0.0911. The minimum atomic E-state index is -0.319. The van der Waals surface area contributed by atoms with Gasteiger partial charge in [-0.1, -0.05) is 11.2 Å². The molecule has 0 spiro atoms. The lowest BCUT2D eigenvalue weighted by atomic mass is 10.1. The predicted octanol–water partition coefficient (Wildman–Crippen LogP) is 4.15. The molecule has 0 saturated carbocycles. The van der Waals surface area contributed by atoms with Gasteiger partial charge < -0.3 is 24.1 Å². The van der Waals surface area contributed by atoms with Gasteiger partial charge in [0.05, 0.1) is 19.8 Å². The third-order valence-electron chi connectivity index (χ3n) is 4.51. The Hall–Kier alpha value is -3.39. The predicted molar refractivity (Wildman–Crippen MR) is 117 cm³/mol. The summed E-state index contributed by atoms with van der Waals surface area (Å²) in [5.74, 6) is 1.39. The number of hydrogen-bond donors (Lipinski definition) is 1. The molecule has 0 aliphatic rings. The SMILES string of the molecule is CCOc1ccc(CCNC(=O)COCc2cc(-c3ccc(F)cc3)on2)cc1OCC. The summed E-state index contributed by atoms with van der Waals surface area (Å²) in [4.78, 5) is 12.0. The molecule has 0 fully saturated rings. The van der Waals surface area contributed by atoms with Crippen LogP contribution in [0.25, 0.3) is 11.3 Å². The van der Waals surface area contributed by atoms with E-state index in [1.54, 1.807) is 18.2 Å². The van der Waals surface area contributed by atoms with Crippen LogP contribution in [-0.2, 0) is 22.6 Å². The molecule has 1 aromatic heterocycles. The fraction of sp³-hybridized carbons (Fsp3) is 0.333. The molecule has 0 radical (unpaired) electrons. The van der Waals surface area contributed by atoms with Crippen molar-refractivity contribution < 1.29 is 27.9 Å². The molecule has 2 aromatic carbocycles. The maximum Gasteiger partial charge on any atom is 0.246 e. The Morgan fingerprint density at radius 3 is 2.53 bits per heavy atom. The largest absolute Gasteiger partial charge is 0.490 e. The van der Waals surface area contributed by atoms with Crippen LogP contribution in [0.5, 0.6) is 11.5 Å². The van der Waals surface area contributed by atoms with E-state index in [2.05, 4.69) is 10.5 Å². The monoisotopic (exact) mass is 442 g/mol. The molecule has 3 aromatic rings. The second-order valence-corrected chi connectivity index (χ2v) is 6.93. The smallest absolute Gasteiger partial charge is 0.246 e. The van der Waals surface area contributed by atoms with E-state index in [0.29, 0.717) is 54.7 Å². The fourth-order valence-corrected chi connectivity index (χ4v) is 3.03. The van der Waals surface area contributed by atoms with Gasteiger partial charge in [-0.2, -0.15) is 0 Å². The Morgan fingerprint density at radius 2 is 1.78 bits per heavy atom. The highest BCUT2D eigenvalue weighted by Crippen LogP contribution is 2.28. The Morgan fingerprint density at radius 1 is 1.03 bits per heavy atom. The lowest BCUT2D eigenvalue weighted by Gasteiger charge is -2.12. The van der Waals surface area contributed by atoms with Gasteiger partial charge in [0.15, 0.2) is 17.3 Å². The lowest BCUT2D eigenvalue weighted by Crippen LogP contribution is -2.29. The first-order chi connectivity index (χ1) is 15.6. The summed E-state index contributed by atoms with van der Waals surface area (Å²) >= 11 is 0. The zero-order chi connectivity index (χ0) is 22.8. The van der Waals surface area contributed by atoms with Crippen molar-refractivity contribution in [2.45, 2.75) is 26.9 Å². The van der Waals surface area contributed by atoms with Crippen molar-refractivity contribution in [2.24, 2.45) is 0 Å². The topological polar surface area (TPSA) is 82.8 Å². The number of benzene rings is 2. The van der Waals surface area contributed by atoms with Gasteiger partial charge in [0.2, 0.25) is 5.91 Å². The van der Waals surface area contributed by atoms with Crippen molar-refractivity contribution in [3.63, 3.8) is 0 Å². The van der Waals surface area contributed by atoms with Crippen LogP contribution in [0.1, 0.15) is 25.1 Å². The van der Waals surface area contributed by atoms with Gasteiger partial charge in [0.1, 0.15) is 18.1 Å². The van der Waals surface area contributed by atoms with E-state index in [9.17, 15) is 9.18 Å². The number of carbonyl (C=O) groups excluding carboxylic acids is 1. The van der Waals surface area contributed by atoms with E-state index in [-0.39, 0.29) is 24.9 Å². The third kappa shape index (κ3) is 6.81. The van der Waals surface area contributed by atoms with Crippen LogP contribution >= 0.6 is 0 Å². The molecule has 8 heteroatoms. The minimum Gasteiger partial charge on any atom is -0.490 e. The highest BCUT2D eigenvalue weighted by atomic mass is 19.1. The Bertz CT molecular complexity index is 1000.